The molecule has 1 heterocycles. The number of anilines is 2. The lowest BCUT2D eigenvalue weighted by atomic mass is 10.3. The van der Waals surface area contributed by atoms with Gasteiger partial charge in [-0.3, -0.25) is 9.52 Å². The van der Waals surface area contributed by atoms with Gasteiger partial charge >= 0.3 is 0 Å². The van der Waals surface area contributed by atoms with Crippen molar-refractivity contribution in [1.82, 2.24) is 0 Å². The Morgan fingerprint density at radius 3 is 2.50 bits per heavy atom. The lowest BCUT2D eigenvalue weighted by Crippen LogP contribution is -2.17. The van der Waals surface area contributed by atoms with Gasteiger partial charge in [-0.05, 0) is 53.9 Å². The number of hydrogen-bond acceptors (Lipinski definition) is 4. The number of hydrogen-bond donors (Lipinski definition) is 2. The fraction of sp³-hybridized carbons (Fsp3) is 0. The van der Waals surface area contributed by atoms with Gasteiger partial charge in [0.15, 0.2) is 0 Å². The predicted octanol–water partition coefficient (Wildman–Crippen LogP) is 4.59. The molecule has 0 atom stereocenters. The third-order valence-corrected chi connectivity index (χ3v) is 5.85. The average Bonchev–Trinajstić information content (AvgIpc) is 3.03. The third-order valence-electron chi connectivity index (χ3n) is 3.32. The Hall–Kier alpha value is -2.42. The summed E-state index contributed by atoms with van der Waals surface area (Å²) in [5.41, 5.74) is 0.627. The SMILES string of the molecule is O=C(Nc1cccc(Cl)c1)c1sccc1NS(=O)(=O)c1ccc(F)cc1. The van der Waals surface area contributed by atoms with E-state index in [1.165, 1.54) is 6.07 Å². The van der Waals surface area contributed by atoms with Crippen LogP contribution in [0.25, 0.3) is 0 Å². The zero-order valence-electron chi connectivity index (χ0n) is 13.1. The van der Waals surface area contributed by atoms with Crippen molar-refractivity contribution in [2.45, 2.75) is 4.90 Å². The first-order chi connectivity index (χ1) is 12.3. The maximum absolute atomic E-state index is 13.0. The quantitative estimate of drug-likeness (QED) is 0.645. The van der Waals surface area contributed by atoms with Gasteiger partial charge < -0.3 is 5.32 Å². The molecule has 2 aromatic carbocycles. The van der Waals surface area contributed by atoms with Crippen molar-refractivity contribution in [3.63, 3.8) is 0 Å². The van der Waals surface area contributed by atoms with Crippen LogP contribution < -0.4 is 10.0 Å². The zero-order chi connectivity index (χ0) is 18.7. The molecule has 0 spiro atoms. The van der Waals surface area contributed by atoms with E-state index < -0.39 is 21.7 Å². The van der Waals surface area contributed by atoms with Crippen LogP contribution in [0.3, 0.4) is 0 Å². The van der Waals surface area contributed by atoms with Gasteiger partial charge in [-0.1, -0.05) is 17.7 Å². The van der Waals surface area contributed by atoms with Gasteiger partial charge in [-0.15, -0.1) is 11.3 Å². The van der Waals surface area contributed by atoms with Crippen molar-refractivity contribution >= 4 is 50.2 Å². The fourth-order valence-corrected chi connectivity index (χ4v) is 4.21. The molecule has 3 rings (SSSR count). The minimum atomic E-state index is -3.95. The van der Waals surface area contributed by atoms with Gasteiger partial charge in [0.1, 0.15) is 10.7 Å². The first-order valence-corrected chi connectivity index (χ1v) is 10.0. The van der Waals surface area contributed by atoms with Crippen molar-refractivity contribution in [2.24, 2.45) is 0 Å². The first-order valence-electron chi connectivity index (χ1n) is 7.28. The molecule has 3 aromatic rings. The molecule has 2 N–H and O–H groups in total. The van der Waals surface area contributed by atoms with Crippen LogP contribution in [-0.2, 0) is 10.0 Å². The van der Waals surface area contributed by atoms with E-state index in [1.54, 1.807) is 29.6 Å². The van der Waals surface area contributed by atoms with Crippen molar-refractivity contribution < 1.29 is 17.6 Å². The monoisotopic (exact) mass is 410 g/mol. The van der Waals surface area contributed by atoms with Crippen LogP contribution in [0.15, 0.2) is 64.9 Å². The topological polar surface area (TPSA) is 75.3 Å². The highest BCUT2D eigenvalue weighted by Crippen LogP contribution is 2.27. The summed E-state index contributed by atoms with van der Waals surface area (Å²) in [7, 11) is -3.95. The second-order valence-electron chi connectivity index (χ2n) is 5.19. The molecule has 0 bridgehead atoms. The number of halogens is 2. The lowest BCUT2D eigenvalue weighted by molar-refractivity contribution is 0.103. The Balaban J connectivity index is 1.82. The van der Waals surface area contributed by atoms with E-state index >= 15 is 0 Å². The van der Waals surface area contributed by atoms with Gasteiger partial charge in [-0.2, -0.15) is 0 Å². The minimum absolute atomic E-state index is 0.105. The second kappa shape index (κ2) is 7.45. The van der Waals surface area contributed by atoms with Crippen molar-refractivity contribution in [3.05, 3.63) is 75.7 Å². The molecule has 134 valence electrons. The number of sulfonamides is 1. The number of carbonyl (C=O) groups excluding carboxylic acids is 1. The Morgan fingerprint density at radius 1 is 1.08 bits per heavy atom. The van der Waals surface area contributed by atoms with Crippen molar-refractivity contribution in [1.29, 1.82) is 0 Å². The molecule has 0 aliphatic heterocycles. The van der Waals surface area contributed by atoms with Gasteiger partial charge in [0, 0.05) is 10.7 Å². The second-order valence-corrected chi connectivity index (χ2v) is 8.22. The number of thiophene rings is 1. The number of amides is 1. The molecular weight excluding hydrogens is 399 g/mol. The molecule has 5 nitrogen and oxygen atoms in total. The molecule has 26 heavy (non-hydrogen) atoms. The van der Waals surface area contributed by atoms with E-state index in [0.717, 1.165) is 35.6 Å². The van der Waals surface area contributed by atoms with Crippen molar-refractivity contribution in [2.75, 3.05) is 10.0 Å². The van der Waals surface area contributed by atoms with Gasteiger partial charge in [0.2, 0.25) is 0 Å². The maximum Gasteiger partial charge on any atom is 0.267 e. The smallest absolute Gasteiger partial charge is 0.267 e. The van der Waals surface area contributed by atoms with Crippen LogP contribution in [0.1, 0.15) is 9.67 Å². The molecule has 0 aliphatic carbocycles. The Morgan fingerprint density at radius 2 is 1.81 bits per heavy atom. The van der Waals surface area contributed by atoms with E-state index in [0.29, 0.717) is 10.7 Å². The normalized spacial score (nSPS) is 11.2. The minimum Gasteiger partial charge on any atom is -0.321 e. The van der Waals surface area contributed by atoms with Crippen LogP contribution in [0.2, 0.25) is 5.02 Å². The highest BCUT2D eigenvalue weighted by Gasteiger charge is 2.20. The Bertz CT molecular complexity index is 1050. The fourth-order valence-electron chi connectivity index (χ4n) is 2.14. The predicted molar refractivity (Wildman–Crippen MR) is 101 cm³/mol. The molecule has 0 aliphatic rings. The highest BCUT2D eigenvalue weighted by molar-refractivity contribution is 7.92. The van der Waals surface area contributed by atoms with Crippen LogP contribution in [-0.4, -0.2) is 14.3 Å². The molecule has 9 heteroatoms. The van der Waals surface area contributed by atoms with E-state index in [9.17, 15) is 17.6 Å². The van der Waals surface area contributed by atoms with Gasteiger partial charge in [0.05, 0.1) is 10.6 Å². The molecule has 1 amide bonds. The summed E-state index contributed by atoms with van der Waals surface area (Å²) in [6.45, 7) is 0. The summed E-state index contributed by atoms with van der Waals surface area (Å²) in [5.74, 6) is -1.01. The summed E-state index contributed by atoms with van der Waals surface area (Å²) in [6.07, 6.45) is 0. The van der Waals surface area contributed by atoms with E-state index in [1.807, 2.05) is 0 Å². The average molecular weight is 411 g/mol. The molecule has 0 unspecified atom stereocenters. The summed E-state index contributed by atoms with van der Waals surface area (Å²) in [5, 5.41) is 4.72. The van der Waals surface area contributed by atoms with Crippen LogP contribution in [0, 0.1) is 5.82 Å². The van der Waals surface area contributed by atoms with E-state index in [4.69, 9.17) is 11.6 Å². The van der Waals surface area contributed by atoms with Crippen LogP contribution in [0.5, 0.6) is 0 Å². The van der Waals surface area contributed by atoms with E-state index in [-0.39, 0.29) is 15.5 Å². The molecule has 0 saturated carbocycles. The van der Waals surface area contributed by atoms with Gasteiger partial charge in [-0.25, -0.2) is 12.8 Å². The maximum atomic E-state index is 13.0. The number of nitrogens with one attached hydrogen (secondary N) is 2. The summed E-state index contributed by atoms with van der Waals surface area (Å²) < 4.78 is 40.2. The Kier molecular flexibility index (Phi) is 5.26. The van der Waals surface area contributed by atoms with Crippen molar-refractivity contribution in [3.8, 4) is 0 Å². The molecule has 0 radical (unpaired) electrons. The largest absolute Gasteiger partial charge is 0.321 e. The number of rotatable bonds is 5. The summed E-state index contributed by atoms with van der Waals surface area (Å²) >= 11 is 6.97. The third kappa shape index (κ3) is 4.21. The summed E-state index contributed by atoms with van der Waals surface area (Å²) in [4.78, 5) is 12.5. The molecule has 0 fully saturated rings. The summed E-state index contributed by atoms with van der Waals surface area (Å²) in [6, 6.07) is 12.5. The molecule has 1 aromatic heterocycles. The Labute approximate surface area is 158 Å². The molecule has 0 saturated heterocycles. The molecular formula is C17H12ClFN2O3S2. The highest BCUT2D eigenvalue weighted by atomic mass is 35.5. The number of benzene rings is 2. The van der Waals surface area contributed by atoms with Crippen LogP contribution in [0.4, 0.5) is 15.8 Å². The standard InChI is InChI=1S/C17H12ClFN2O3S2/c18-11-2-1-3-13(10-11)20-17(22)16-15(8-9-25-16)21-26(23,24)14-6-4-12(19)5-7-14/h1-10,21H,(H,20,22). The zero-order valence-corrected chi connectivity index (χ0v) is 15.5. The van der Waals surface area contributed by atoms with Crippen LogP contribution >= 0.6 is 22.9 Å². The van der Waals surface area contributed by atoms with E-state index in [2.05, 4.69) is 10.0 Å². The number of carbonyl (C=O) groups is 1. The van der Waals surface area contributed by atoms with Gasteiger partial charge in [0.25, 0.3) is 15.9 Å². The first kappa shape index (κ1) is 18.4. The lowest BCUT2D eigenvalue weighted by Gasteiger charge is -2.09.